The van der Waals surface area contributed by atoms with E-state index < -0.39 is 6.10 Å². The molecule has 0 radical (unpaired) electrons. The molecule has 0 bridgehead atoms. The zero-order valence-electron chi connectivity index (χ0n) is 17.3. The molecule has 30 heavy (non-hydrogen) atoms. The van der Waals surface area contributed by atoms with Crippen LogP contribution < -0.4 is 10.1 Å². The molecule has 3 aromatic carbocycles. The van der Waals surface area contributed by atoms with E-state index >= 15 is 0 Å². The van der Waals surface area contributed by atoms with Crippen LogP contribution in [0.2, 0.25) is 0 Å². The van der Waals surface area contributed by atoms with Crippen LogP contribution in [-0.2, 0) is 22.6 Å². The van der Waals surface area contributed by atoms with Gasteiger partial charge in [0.05, 0.1) is 13.2 Å². The number of hydrogen-bond donors (Lipinski definition) is 1. The fourth-order valence-electron chi connectivity index (χ4n) is 3.66. The standard InChI is InChI=1S/C25H28N2O3/c1-19(30-24-8-4-6-22-5-2-3-7-23(22)24)25(28)26-17-20-9-11-21(12-10-20)18-27-13-15-29-16-14-27/h2-12,19H,13-18H2,1H3,(H,26,28)/t19-/m0/s1. The average molecular weight is 405 g/mol. The second kappa shape index (κ2) is 9.74. The molecule has 1 aliphatic rings. The minimum Gasteiger partial charge on any atom is -0.480 e. The maximum Gasteiger partial charge on any atom is 0.261 e. The van der Waals surface area contributed by atoms with Crippen LogP contribution in [0, 0.1) is 0 Å². The van der Waals surface area contributed by atoms with E-state index in [2.05, 4.69) is 34.5 Å². The molecule has 0 aliphatic carbocycles. The SMILES string of the molecule is C[C@H](Oc1cccc2ccccc12)C(=O)NCc1ccc(CN2CCOCC2)cc1. The van der Waals surface area contributed by atoms with Crippen LogP contribution >= 0.6 is 0 Å². The largest absolute Gasteiger partial charge is 0.480 e. The first-order valence-corrected chi connectivity index (χ1v) is 10.5. The molecule has 0 aromatic heterocycles. The molecule has 1 amide bonds. The van der Waals surface area contributed by atoms with E-state index in [-0.39, 0.29) is 5.91 Å². The van der Waals surface area contributed by atoms with Gasteiger partial charge in [0.15, 0.2) is 6.10 Å². The maximum absolute atomic E-state index is 12.5. The first kappa shape index (κ1) is 20.4. The number of carbonyl (C=O) groups is 1. The second-order valence-corrected chi connectivity index (χ2v) is 7.66. The third-order valence-electron chi connectivity index (χ3n) is 5.42. The molecule has 5 heteroatoms. The quantitative estimate of drug-likeness (QED) is 0.652. The van der Waals surface area contributed by atoms with Crippen molar-refractivity contribution in [1.82, 2.24) is 10.2 Å². The van der Waals surface area contributed by atoms with Crippen LogP contribution in [0.4, 0.5) is 0 Å². The Morgan fingerprint density at radius 3 is 2.50 bits per heavy atom. The minimum absolute atomic E-state index is 0.125. The zero-order chi connectivity index (χ0) is 20.8. The molecule has 4 rings (SSSR count). The van der Waals surface area contributed by atoms with Crippen LogP contribution in [0.1, 0.15) is 18.1 Å². The predicted octanol–water partition coefficient (Wildman–Crippen LogP) is 3.76. The van der Waals surface area contributed by atoms with E-state index in [1.165, 1.54) is 5.56 Å². The summed E-state index contributed by atoms with van der Waals surface area (Å²) in [7, 11) is 0. The summed E-state index contributed by atoms with van der Waals surface area (Å²) in [5.41, 5.74) is 2.35. The van der Waals surface area contributed by atoms with Gasteiger partial charge in [0.25, 0.3) is 5.91 Å². The fourth-order valence-corrected chi connectivity index (χ4v) is 3.66. The highest BCUT2D eigenvalue weighted by atomic mass is 16.5. The van der Waals surface area contributed by atoms with Gasteiger partial charge >= 0.3 is 0 Å². The summed E-state index contributed by atoms with van der Waals surface area (Å²) in [6.45, 7) is 6.78. The van der Waals surface area contributed by atoms with Gasteiger partial charge < -0.3 is 14.8 Å². The minimum atomic E-state index is -0.573. The van der Waals surface area contributed by atoms with Crippen LogP contribution in [0.3, 0.4) is 0 Å². The van der Waals surface area contributed by atoms with Gasteiger partial charge in [-0.2, -0.15) is 0 Å². The number of rotatable bonds is 7. The first-order chi connectivity index (χ1) is 14.7. The van der Waals surface area contributed by atoms with Gasteiger partial charge in [0.1, 0.15) is 5.75 Å². The summed E-state index contributed by atoms with van der Waals surface area (Å²) in [4.78, 5) is 14.9. The second-order valence-electron chi connectivity index (χ2n) is 7.66. The number of ether oxygens (including phenoxy) is 2. The van der Waals surface area contributed by atoms with Crippen molar-refractivity contribution < 1.29 is 14.3 Å². The van der Waals surface area contributed by atoms with Crippen molar-refractivity contribution in [3.8, 4) is 5.75 Å². The smallest absolute Gasteiger partial charge is 0.261 e. The average Bonchev–Trinajstić information content (AvgIpc) is 2.79. The van der Waals surface area contributed by atoms with E-state index in [4.69, 9.17) is 9.47 Å². The van der Waals surface area contributed by atoms with Crippen molar-refractivity contribution in [3.63, 3.8) is 0 Å². The molecule has 3 aromatic rings. The van der Waals surface area contributed by atoms with Crippen molar-refractivity contribution in [2.75, 3.05) is 26.3 Å². The number of nitrogens with zero attached hydrogens (tertiary/aromatic N) is 1. The Bertz CT molecular complexity index is 976. The Morgan fingerprint density at radius 1 is 1.00 bits per heavy atom. The van der Waals surface area contributed by atoms with Gasteiger partial charge in [-0.1, -0.05) is 60.7 Å². The summed E-state index contributed by atoms with van der Waals surface area (Å²) >= 11 is 0. The van der Waals surface area contributed by atoms with Crippen LogP contribution in [0.5, 0.6) is 5.75 Å². The van der Waals surface area contributed by atoms with Crippen LogP contribution in [0.25, 0.3) is 10.8 Å². The molecule has 1 heterocycles. The van der Waals surface area contributed by atoms with Gasteiger partial charge in [0.2, 0.25) is 0 Å². The highest BCUT2D eigenvalue weighted by Crippen LogP contribution is 2.26. The lowest BCUT2D eigenvalue weighted by molar-refractivity contribution is -0.127. The summed E-state index contributed by atoms with van der Waals surface area (Å²) in [5.74, 6) is 0.601. The summed E-state index contributed by atoms with van der Waals surface area (Å²) in [6, 6.07) is 22.3. The number of fused-ring (bicyclic) bond motifs is 1. The van der Waals surface area contributed by atoms with Crippen molar-refractivity contribution >= 4 is 16.7 Å². The molecule has 0 unspecified atom stereocenters. The third kappa shape index (κ3) is 5.17. The Labute approximate surface area is 177 Å². The Kier molecular flexibility index (Phi) is 6.62. The van der Waals surface area contributed by atoms with Crippen molar-refractivity contribution in [3.05, 3.63) is 77.9 Å². The Morgan fingerprint density at radius 2 is 1.70 bits per heavy atom. The topological polar surface area (TPSA) is 50.8 Å². The third-order valence-corrected chi connectivity index (χ3v) is 5.42. The summed E-state index contributed by atoms with van der Waals surface area (Å²) in [6.07, 6.45) is -0.573. The van der Waals surface area contributed by atoms with Gasteiger partial charge in [-0.3, -0.25) is 9.69 Å². The van der Waals surface area contributed by atoms with E-state index in [0.717, 1.165) is 54.9 Å². The molecule has 1 fully saturated rings. The van der Waals surface area contributed by atoms with Gasteiger partial charge in [-0.25, -0.2) is 0 Å². The number of morpholine rings is 1. The Balaban J connectivity index is 1.29. The molecular formula is C25H28N2O3. The number of amides is 1. The van der Waals surface area contributed by atoms with Crippen molar-refractivity contribution in [2.45, 2.75) is 26.1 Å². The fraction of sp³-hybridized carbons (Fsp3) is 0.320. The predicted molar refractivity (Wildman–Crippen MR) is 118 cm³/mol. The Hall–Kier alpha value is -2.89. The molecule has 1 atom stereocenters. The van der Waals surface area contributed by atoms with Crippen molar-refractivity contribution in [2.24, 2.45) is 0 Å². The van der Waals surface area contributed by atoms with Gasteiger partial charge in [-0.15, -0.1) is 0 Å². The molecule has 5 nitrogen and oxygen atoms in total. The van der Waals surface area contributed by atoms with E-state index in [1.807, 2.05) is 42.5 Å². The molecule has 1 saturated heterocycles. The monoisotopic (exact) mass is 404 g/mol. The number of benzene rings is 3. The highest BCUT2D eigenvalue weighted by molar-refractivity contribution is 5.89. The van der Waals surface area contributed by atoms with Crippen LogP contribution in [0.15, 0.2) is 66.7 Å². The molecule has 1 aliphatic heterocycles. The zero-order valence-corrected chi connectivity index (χ0v) is 17.3. The molecule has 156 valence electrons. The van der Waals surface area contributed by atoms with E-state index in [1.54, 1.807) is 6.92 Å². The van der Waals surface area contributed by atoms with E-state index in [0.29, 0.717) is 6.54 Å². The lowest BCUT2D eigenvalue weighted by Crippen LogP contribution is -2.36. The molecule has 0 spiro atoms. The molecule has 0 saturated carbocycles. The molecular weight excluding hydrogens is 376 g/mol. The summed E-state index contributed by atoms with van der Waals surface area (Å²) in [5, 5.41) is 5.08. The molecule has 1 N–H and O–H groups in total. The van der Waals surface area contributed by atoms with Crippen LogP contribution in [-0.4, -0.2) is 43.2 Å². The lowest BCUT2D eigenvalue weighted by atomic mass is 10.1. The van der Waals surface area contributed by atoms with Gasteiger partial charge in [0, 0.05) is 31.6 Å². The maximum atomic E-state index is 12.5. The normalized spacial score (nSPS) is 15.6. The van der Waals surface area contributed by atoms with Gasteiger partial charge in [-0.05, 0) is 29.5 Å². The lowest BCUT2D eigenvalue weighted by Gasteiger charge is -2.26. The highest BCUT2D eigenvalue weighted by Gasteiger charge is 2.16. The number of hydrogen-bond acceptors (Lipinski definition) is 4. The van der Waals surface area contributed by atoms with Crippen molar-refractivity contribution in [1.29, 1.82) is 0 Å². The first-order valence-electron chi connectivity index (χ1n) is 10.5. The number of nitrogens with one attached hydrogen (secondary N) is 1. The number of carbonyl (C=O) groups excluding carboxylic acids is 1. The summed E-state index contributed by atoms with van der Waals surface area (Å²) < 4.78 is 11.4. The van der Waals surface area contributed by atoms with E-state index in [9.17, 15) is 4.79 Å².